The highest BCUT2D eigenvalue weighted by Gasteiger charge is 2.27. The summed E-state index contributed by atoms with van der Waals surface area (Å²) in [4.78, 5) is 37.7. The van der Waals surface area contributed by atoms with Crippen LogP contribution in [0, 0.1) is 5.92 Å². The summed E-state index contributed by atoms with van der Waals surface area (Å²) in [5.41, 5.74) is 6.72. The first-order valence-electron chi connectivity index (χ1n) is 10.8. The normalized spacial score (nSPS) is 13.9. The highest BCUT2D eigenvalue weighted by atomic mass is 35.5. The molecule has 1 rings (SSSR count). The van der Waals surface area contributed by atoms with E-state index in [9.17, 15) is 14.4 Å². The Balaban J connectivity index is 2.68. The molecule has 0 aliphatic carbocycles. The lowest BCUT2D eigenvalue weighted by Gasteiger charge is -2.24. The number of benzene rings is 1. The van der Waals surface area contributed by atoms with Gasteiger partial charge >= 0.3 is 0 Å². The van der Waals surface area contributed by atoms with E-state index in [1.54, 1.807) is 18.2 Å². The first-order valence-corrected chi connectivity index (χ1v) is 12.2. The van der Waals surface area contributed by atoms with Crippen LogP contribution in [0.25, 0.3) is 0 Å². The van der Waals surface area contributed by atoms with E-state index in [-0.39, 0.29) is 23.5 Å². The Morgan fingerprint density at radius 2 is 1.72 bits per heavy atom. The molecular weight excluding hydrogens is 471 g/mol. The molecule has 0 spiro atoms. The van der Waals surface area contributed by atoms with Crippen molar-refractivity contribution in [2.24, 2.45) is 11.7 Å². The van der Waals surface area contributed by atoms with E-state index >= 15 is 0 Å². The van der Waals surface area contributed by atoms with Gasteiger partial charge < -0.3 is 21.7 Å². The maximum Gasteiger partial charge on any atom is 0.243 e. The molecule has 0 saturated heterocycles. The summed E-state index contributed by atoms with van der Waals surface area (Å²) in [6.07, 6.45) is 2.22. The molecule has 0 aromatic heterocycles. The van der Waals surface area contributed by atoms with Gasteiger partial charge in [-0.2, -0.15) is 12.6 Å². The van der Waals surface area contributed by atoms with Crippen molar-refractivity contribution in [3.63, 3.8) is 0 Å². The summed E-state index contributed by atoms with van der Waals surface area (Å²) in [7, 11) is 0. The van der Waals surface area contributed by atoms with Crippen LogP contribution in [0.3, 0.4) is 0 Å². The van der Waals surface area contributed by atoms with Crippen molar-refractivity contribution in [2.45, 2.75) is 64.6 Å². The maximum atomic E-state index is 12.8. The number of amides is 3. The van der Waals surface area contributed by atoms with Crippen LogP contribution in [-0.2, 0) is 20.8 Å². The third kappa shape index (κ3) is 9.98. The largest absolute Gasteiger partial charge is 0.354 e. The van der Waals surface area contributed by atoms with Gasteiger partial charge in [-0.3, -0.25) is 14.4 Å². The number of thiol groups is 1. The Morgan fingerprint density at radius 3 is 2.28 bits per heavy atom. The zero-order valence-electron chi connectivity index (χ0n) is 18.8. The number of rotatable bonds is 13. The van der Waals surface area contributed by atoms with Crippen molar-refractivity contribution in [3.8, 4) is 0 Å². The van der Waals surface area contributed by atoms with Crippen LogP contribution < -0.4 is 21.7 Å². The molecule has 3 atom stereocenters. The molecule has 0 aliphatic rings. The van der Waals surface area contributed by atoms with Gasteiger partial charge in [-0.25, -0.2) is 0 Å². The predicted octanol–water partition coefficient (Wildman–Crippen LogP) is 2.73. The van der Waals surface area contributed by atoms with Gasteiger partial charge in [-0.1, -0.05) is 56.5 Å². The van der Waals surface area contributed by atoms with Crippen LogP contribution in [0.15, 0.2) is 18.2 Å². The van der Waals surface area contributed by atoms with E-state index in [1.165, 1.54) is 0 Å². The van der Waals surface area contributed by atoms with E-state index in [1.807, 2.05) is 20.8 Å². The van der Waals surface area contributed by atoms with Gasteiger partial charge in [0.25, 0.3) is 0 Å². The minimum absolute atomic E-state index is 0.108. The third-order valence-electron chi connectivity index (χ3n) is 4.80. The molecular formula is C22H34Cl2N4O3S. The average Bonchev–Trinajstić information content (AvgIpc) is 2.72. The molecule has 0 fully saturated rings. The molecule has 10 heteroatoms. The molecule has 0 saturated carbocycles. The fourth-order valence-electron chi connectivity index (χ4n) is 3.06. The minimum Gasteiger partial charge on any atom is -0.354 e. The van der Waals surface area contributed by atoms with Crippen LogP contribution in [0.5, 0.6) is 0 Å². The molecule has 3 amide bonds. The van der Waals surface area contributed by atoms with E-state index in [0.29, 0.717) is 35.9 Å². The lowest BCUT2D eigenvalue weighted by atomic mass is 10.0. The van der Waals surface area contributed by atoms with Crippen molar-refractivity contribution in [1.29, 1.82) is 0 Å². The van der Waals surface area contributed by atoms with Crippen LogP contribution >= 0.6 is 35.8 Å². The van der Waals surface area contributed by atoms with Crippen LogP contribution in [-0.4, -0.2) is 48.1 Å². The summed E-state index contributed by atoms with van der Waals surface area (Å²) in [5, 5.41) is 9.26. The Hall–Kier alpha value is -1.48. The van der Waals surface area contributed by atoms with Crippen molar-refractivity contribution in [3.05, 3.63) is 33.8 Å². The Morgan fingerprint density at radius 1 is 1.06 bits per heavy atom. The summed E-state index contributed by atoms with van der Waals surface area (Å²) in [5.74, 6) is -0.918. The smallest absolute Gasteiger partial charge is 0.243 e. The monoisotopic (exact) mass is 504 g/mol. The molecule has 0 bridgehead atoms. The second kappa shape index (κ2) is 14.6. The molecule has 180 valence electrons. The van der Waals surface area contributed by atoms with Gasteiger partial charge in [0.15, 0.2) is 0 Å². The van der Waals surface area contributed by atoms with E-state index in [2.05, 4.69) is 28.6 Å². The number of halogens is 2. The molecule has 0 radical (unpaired) electrons. The van der Waals surface area contributed by atoms with Crippen LogP contribution in [0.1, 0.15) is 45.6 Å². The third-order valence-corrected chi connectivity index (χ3v) is 5.75. The van der Waals surface area contributed by atoms with Gasteiger partial charge in [-0.15, -0.1) is 0 Å². The molecule has 7 nitrogen and oxygen atoms in total. The first-order chi connectivity index (χ1) is 15.1. The summed E-state index contributed by atoms with van der Waals surface area (Å²) < 4.78 is 0. The van der Waals surface area contributed by atoms with Gasteiger partial charge in [0.2, 0.25) is 17.7 Å². The maximum absolute atomic E-state index is 12.8. The highest BCUT2D eigenvalue weighted by Crippen LogP contribution is 2.21. The molecule has 1 aromatic carbocycles. The van der Waals surface area contributed by atoms with Crippen LogP contribution in [0.2, 0.25) is 10.0 Å². The number of hydrogen-bond donors (Lipinski definition) is 5. The lowest BCUT2D eigenvalue weighted by Crippen LogP contribution is -2.56. The Bertz CT molecular complexity index is 780. The summed E-state index contributed by atoms with van der Waals surface area (Å²) >= 11 is 16.2. The summed E-state index contributed by atoms with van der Waals surface area (Å²) in [6.45, 7) is 6.16. The van der Waals surface area contributed by atoms with E-state index < -0.39 is 24.0 Å². The first kappa shape index (κ1) is 28.6. The molecule has 1 aromatic rings. The number of hydrogen-bond acceptors (Lipinski definition) is 5. The van der Waals surface area contributed by atoms with Gasteiger partial charge in [0.1, 0.15) is 12.1 Å². The lowest BCUT2D eigenvalue weighted by molar-refractivity contribution is -0.132. The second-order valence-electron chi connectivity index (χ2n) is 8.11. The van der Waals surface area contributed by atoms with Gasteiger partial charge in [0, 0.05) is 22.3 Å². The van der Waals surface area contributed by atoms with Crippen molar-refractivity contribution < 1.29 is 14.4 Å². The van der Waals surface area contributed by atoms with Crippen molar-refractivity contribution in [1.82, 2.24) is 16.0 Å². The van der Waals surface area contributed by atoms with Gasteiger partial charge in [-0.05, 0) is 42.9 Å². The molecule has 0 heterocycles. The topological polar surface area (TPSA) is 113 Å². The number of nitrogens with two attached hydrogens (primary N) is 1. The Labute approximate surface area is 206 Å². The van der Waals surface area contributed by atoms with Crippen molar-refractivity contribution >= 4 is 53.6 Å². The zero-order valence-corrected chi connectivity index (χ0v) is 21.2. The number of carbonyl (C=O) groups is 3. The predicted molar refractivity (Wildman–Crippen MR) is 133 cm³/mol. The molecule has 3 unspecified atom stereocenters. The average molecular weight is 506 g/mol. The Kier molecular flexibility index (Phi) is 13.0. The fourth-order valence-corrected chi connectivity index (χ4v) is 3.82. The molecule has 32 heavy (non-hydrogen) atoms. The fraction of sp³-hybridized carbons (Fsp3) is 0.591. The number of carbonyl (C=O) groups excluding carboxylic acids is 3. The van der Waals surface area contributed by atoms with E-state index in [0.717, 1.165) is 12.0 Å². The summed E-state index contributed by atoms with van der Waals surface area (Å²) in [6, 6.07) is 2.88. The second-order valence-corrected chi connectivity index (χ2v) is 9.32. The quantitative estimate of drug-likeness (QED) is 0.265. The van der Waals surface area contributed by atoms with E-state index in [4.69, 9.17) is 28.9 Å². The molecule has 5 N–H and O–H groups in total. The standard InChI is InChI=1S/C22H34Cl2N4O3S/c1-4-5-17(25)20(29)27-18(10-13(2)3)22(31)28-19(12-32)21(30)26-9-8-14-6-7-15(23)11-16(14)24/h6-7,11,13,17-19,32H,4-5,8-10,12,25H2,1-3H3,(H,26,30)(H,27,29)(H,28,31). The zero-order chi connectivity index (χ0) is 24.3. The van der Waals surface area contributed by atoms with Crippen molar-refractivity contribution in [2.75, 3.05) is 12.3 Å². The SMILES string of the molecule is CCCC(N)C(=O)NC(CC(C)C)C(=O)NC(CS)C(=O)NCCc1ccc(Cl)cc1Cl. The number of nitrogens with one attached hydrogen (secondary N) is 3. The minimum atomic E-state index is -0.845. The van der Waals surface area contributed by atoms with Crippen LogP contribution in [0.4, 0.5) is 0 Å². The highest BCUT2D eigenvalue weighted by molar-refractivity contribution is 7.80. The molecule has 0 aliphatic heterocycles. The van der Waals surface area contributed by atoms with Gasteiger partial charge in [0.05, 0.1) is 6.04 Å².